The van der Waals surface area contributed by atoms with Crippen LogP contribution in [0, 0.1) is 13.8 Å². The number of rotatable bonds is 1. The average Bonchev–Trinajstić information content (AvgIpc) is 2.23. The van der Waals surface area contributed by atoms with E-state index in [0.29, 0.717) is 5.82 Å². The number of aromatic nitrogens is 1. The molecule has 0 bridgehead atoms. The van der Waals surface area contributed by atoms with E-state index in [1.807, 2.05) is 32.0 Å². The molecule has 16 heavy (non-hydrogen) atoms. The summed E-state index contributed by atoms with van der Waals surface area (Å²) in [6.45, 7) is 3.98. The van der Waals surface area contributed by atoms with Crippen LogP contribution in [0.1, 0.15) is 11.1 Å². The van der Waals surface area contributed by atoms with Crippen LogP contribution in [0.15, 0.2) is 18.2 Å². The molecule has 0 spiro atoms. The van der Waals surface area contributed by atoms with Crippen molar-refractivity contribution in [3.8, 4) is 0 Å². The average molecular weight is 258 g/mol. The van der Waals surface area contributed by atoms with Crippen LogP contribution in [-0.2, 0) is 0 Å². The Hall–Kier alpha value is -1.03. The lowest BCUT2D eigenvalue weighted by atomic mass is 10.1. The van der Waals surface area contributed by atoms with Gasteiger partial charge in [0.05, 0.1) is 5.52 Å². The maximum atomic E-state index is 6.04. The van der Waals surface area contributed by atoms with Crippen molar-refractivity contribution < 1.29 is 0 Å². The summed E-state index contributed by atoms with van der Waals surface area (Å²) in [6, 6.07) is 5.78. The first-order chi connectivity index (χ1) is 7.13. The molecule has 0 unspecified atom stereocenters. The third kappa shape index (κ3) is 2.07. The number of pyridine rings is 1. The molecule has 0 saturated carbocycles. The Kier molecular flexibility index (Phi) is 3.97. The molecule has 0 aliphatic heterocycles. The quantitative estimate of drug-likeness (QED) is 0.610. The summed E-state index contributed by atoms with van der Waals surface area (Å²) in [4.78, 5) is 4.39. The molecule has 2 rings (SSSR count). The lowest BCUT2D eigenvalue weighted by Gasteiger charge is -2.08. The van der Waals surface area contributed by atoms with Gasteiger partial charge in [-0.2, -0.15) is 0 Å². The molecule has 1 aromatic carbocycles. The second-order valence-corrected chi connectivity index (χ2v) is 3.94. The monoisotopic (exact) mass is 257 g/mol. The van der Waals surface area contributed by atoms with Gasteiger partial charge in [0.1, 0.15) is 5.82 Å². The van der Waals surface area contributed by atoms with E-state index in [1.165, 1.54) is 0 Å². The fourth-order valence-electron chi connectivity index (χ4n) is 1.65. The number of fused-ring (bicyclic) bond motifs is 1. The van der Waals surface area contributed by atoms with Gasteiger partial charge in [0.25, 0.3) is 0 Å². The first-order valence-electron chi connectivity index (χ1n) is 4.66. The topological polar surface area (TPSA) is 50.9 Å². The number of aryl methyl sites for hydroxylation is 2. The molecule has 1 aromatic heterocycles. The minimum atomic E-state index is 0. The number of hydrazine groups is 1. The summed E-state index contributed by atoms with van der Waals surface area (Å²) >= 11 is 6.04. The SMILES string of the molecule is Cc1cc(NN)nc2c(C)c(Cl)ccc12.Cl. The van der Waals surface area contributed by atoms with Gasteiger partial charge in [-0.05, 0) is 37.1 Å². The molecule has 0 amide bonds. The molecular formula is C11H13Cl2N3. The summed E-state index contributed by atoms with van der Waals surface area (Å²) < 4.78 is 0. The summed E-state index contributed by atoms with van der Waals surface area (Å²) in [5.74, 6) is 6.01. The van der Waals surface area contributed by atoms with Crippen molar-refractivity contribution in [3.63, 3.8) is 0 Å². The van der Waals surface area contributed by atoms with E-state index in [4.69, 9.17) is 17.4 Å². The zero-order valence-electron chi connectivity index (χ0n) is 9.04. The molecule has 3 N–H and O–H groups in total. The van der Waals surface area contributed by atoms with Crippen LogP contribution in [0.3, 0.4) is 0 Å². The number of anilines is 1. The number of halogens is 2. The number of nitrogens with one attached hydrogen (secondary N) is 1. The largest absolute Gasteiger partial charge is 0.308 e. The number of benzene rings is 1. The molecule has 0 saturated heterocycles. The third-order valence-electron chi connectivity index (χ3n) is 2.52. The molecule has 2 aromatic rings. The maximum Gasteiger partial charge on any atom is 0.140 e. The second-order valence-electron chi connectivity index (χ2n) is 3.54. The third-order valence-corrected chi connectivity index (χ3v) is 2.93. The Morgan fingerprint density at radius 3 is 2.62 bits per heavy atom. The fourth-order valence-corrected chi connectivity index (χ4v) is 1.80. The normalized spacial score (nSPS) is 10.0. The minimum absolute atomic E-state index is 0. The molecule has 0 radical (unpaired) electrons. The van der Waals surface area contributed by atoms with E-state index in [2.05, 4.69) is 10.4 Å². The highest BCUT2D eigenvalue weighted by molar-refractivity contribution is 6.32. The van der Waals surface area contributed by atoms with Crippen molar-refractivity contribution in [1.29, 1.82) is 0 Å². The highest BCUT2D eigenvalue weighted by Gasteiger charge is 2.06. The van der Waals surface area contributed by atoms with Crippen molar-refractivity contribution in [2.75, 3.05) is 5.43 Å². The molecule has 0 aliphatic carbocycles. The number of hydrogen-bond acceptors (Lipinski definition) is 3. The van der Waals surface area contributed by atoms with Gasteiger partial charge < -0.3 is 5.43 Å². The Labute approximate surface area is 105 Å². The summed E-state index contributed by atoms with van der Waals surface area (Å²) in [5.41, 5.74) is 5.56. The molecule has 3 nitrogen and oxygen atoms in total. The molecule has 0 atom stereocenters. The van der Waals surface area contributed by atoms with E-state index in [0.717, 1.165) is 27.1 Å². The number of hydrogen-bond donors (Lipinski definition) is 2. The van der Waals surface area contributed by atoms with E-state index in [-0.39, 0.29) is 12.4 Å². The lowest BCUT2D eigenvalue weighted by molar-refractivity contribution is 1.24. The zero-order chi connectivity index (χ0) is 11.0. The van der Waals surface area contributed by atoms with Crippen molar-refractivity contribution >= 4 is 40.7 Å². The summed E-state index contributed by atoms with van der Waals surface area (Å²) in [7, 11) is 0. The Bertz CT molecular complexity index is 526. The van der Waals surface area contributed by atoms with Crippen molar-refractivity contribution in [3.05, 3.63) is 34.3 Å². The summed E-state index contributed by atoms with van der Waals surface area (Å²) in [5, 5.41) is 1.83. The lowest BCUT2D eigenvalue weighted by Crippen LogP contribution is -2.09. The van der Waals surface area contributed by atoms with Crippen LogP contribution in [0.5, 0.6) is 0 Å². The highest BCUT2D eigenvalue weighted by atomic mass is 35.5. The molecule has 5 heteroatoms. The standard InChI is InChI=1S/C11H12ClN3.ClH/c1-6-5-10(15-13)14-11-7(2)9(12)4-3-8(6)11;/h3-5H,13H2,1-2H3,(H,14,15);1H. The van der Waals surface area contributed by atoms with Crippen LogP contribution >= 0.6 is 24.0 Å². The molecule has 86 valence electrons. The Morgan fingerprint density at radius 2 is 2.00 bits per heavy atom. The van der Waals surface area contributed by atoms with Crippen molar-refractivity contribution in [1.82, 2.24) is 4.98 Å². The van der Waals surface area contributed by atoms with Gasteiger partial charge in [0.2, 0.25) is 0 Å². The highest BCUT2D eigenvalue weighted by Crippen LogP contribution is 2.27. The number of nitrogen functional groups attached to an aromatic ring is 1. The van der Waals surface area contributed by atoms with Crippen LogP contribution in [-0.4, -0.2) is 4.98 Å². The van der Waals surface area contributed by atoms with E-state index in [1.54, 1.807) is 0 Å². The van der Waals surface area contributed by atoms with Gasteiger partial charge in [-0.25, -0.2) is 10.8 Å². The van der Waals surface area contributed by atoms with E-state index in [9.17, 15) is 0 Å². The molecular weight excluding hydrogens is 245 g/mol. The van der Waals surface area contributed by atoms with Gasteiger partial charge in [-0.1, -0.05) is 17.7 Å². The van der Waals surface area contributed by atoms with Crippen LogP contribution in [0.25, 0.3) is 10.9 Å². The Morgan fingerprint density at radius 1 is 1.31 bits per heavy atom. The predicted molar refractivity (Wildman–Crippen MR) is 71.3 cm³/mol. The fraction of sp³-hybridized carbons (Fsp3) is 0.182. The first kappa shape index (κ1) is 13.0. The number of nitrogens with zero attached hydrogens (tertiary/aromatic N) is 1. The first-order valence-corrected chi connectivity index (χ1v) is 5.04. The van der Waals surface area contributed by atoms with Crippen molar-refractivity contribution in [2.45, 2.75) is 13.8 Å². The number of nitrogens with two attached hydrogens (primary N) is 1. The smallest absolute Gasteiger partial charge is 0.140 e. The predicted octanol–water partition coefficient (Wildman–Crippen LogP) is 3.21. The molecule has 1 heterocycles. The van der Waals surface area contributed by atoms with Gasteiger partial charge >= 0.3 is 0 Å². The van der Waals surface area contributed by atoms with Gasteiger partial charge in [-0.3, -0.25) is 0 Å². The maximum absolute atomic E-state index is 6.04. The minimum Gasteiger partial charge on any atom is -0.308 e. The Balaban J connectivity index is 0.00000128. The van der Waals surface area contributed by atoms with Crippen LogP contribution < -0.4 is 11.3 Å². The van der Waals surface area contributed by atoms with E-state index < -0.39 is 0 Å². The zero-order valence-corrected chi connectivity index (χ0v) is 10.6. The van der Waals surface area contributed by atoms with Gasteiger partial charge in [0.15, 0.2) is 0 Å². The molecule has 0 fully saturated rings. The molecule has 0 aliphatic rings. The van der Waals surface area contributed by atoms with Gasteiger partial charge in [-0.15, -0.1) is 12.4 Å². The van der Waals surface area contributed by atoms with Crippen LogP contribution in [0.2, 0.25) is 5.02 Å². The van der Waals surface area contributed by atoms with Crippen LogP contribution in [0.4, 0.5) is 5.82 Å². The second kappa shape index (κ2) is 4.87. The van der Waals surface area contributed by atoms with Crippen molar-refractivity contribution in [2.24, 2.45) is 5.84 Å². The summed E-state index contributed by atoms with van der Waals surface area (Å²) in [6.07, 6.45) is 0. The van der Waals surface area contributed by atoms with E-state index >= 15 is 0 Å². The van der Waals surface area contributed by atoms with Gasteiger partial charge in [0, 0.05) is 10.4 Å².